The second-order valence-corrected chi connectivity index (χ2v) is 5.43. The zero-order chi connectivity index (χ0) is 10.1. The molecule has 4 nitrogen and oxygen atoms in total. The summed E-state index contributed by atoms with van der Waals surface area (Å²) < 4.78 is 10.5. The van der Waals surface area contributed by atoms with Crippen molar-refractivity contribution in [3.8, 4) is 0 Å². The molecule has 0 saturated heterocycles. The number of rotatable bonds is 8. The first-order valence-corrected chi connectivity index (χ1v) is 6.50. The van der Waals surface area contributed by atoms with Crippen molar-refractivity contribution in [2.45, 2.75) is 18.9 Å². The number of nitrogens with two attached hydrogens (primary N) is 2. The predicted molar refractivity (Wildman–Crippen MR) is 56.8 cm³/mol. The Balaban J connectivity index is 3.76. The van der Waals surface area contributed by atoms with E-state index in [1.807, 2.05) is 0 Å². The summed E-state index contributed by atoms with van der Waals surface area (Å²) in [7, 11) is 2.00. The Hall–Kier alpha value is 0.0569. The second kappa shape index (κ2) is 8.65. The highest BCUT2D eigenvalue weighted by atomic mass is 28.3. The van der Waals surface area contributed by atoms with Crippen LogP contribution in [0.2, 0.25) is 6.04 Å². The zero-order valence-corrected chi connectivity index (χ0v) is 9.82. The summed E-state index contributed by atoms with van der Waals surface area (Å²) in [5, 5.41) is 0. The first-order valence-electron chi connectivity index (χ1n) is 4.74. The van der Waals surface area contributed by atoms with Gasteiger partial charge in [-0.3, -0.25) is 0 Å². The summed E-state index contributed by atoms with van der Waals surface area (Å²) in [6, 6.07) is 1.02. The third-order valence-electron chi connectivity index (χ3n) is 2.20. The topological polar surface area (TPSA) is 70.5 Å². The molecule has 0 heterocycles. The summed E-state index contributed by atoms with van der Waals surface area (Å²) >= 11 is 0. The molecular formula is C8H22N2O2Si. The van der Waals surface area contributed by atoms with Crippen LogP contribution in [-0.4, -0.2) is 36.6 Å². The molecule has 4 N–H and O–H groups in total. The smallest absolute Gasteiger partial charge is 0.321 e. The summed E-state index contributed by atoms with van der Waals surface area (Å²) in [5.74, 6) is 0.576. The van der Waals surface area contributed by atoms with E-state index in [-0.39, 0.29) is 0 Å². The highest BCUT2D eigenvalue weighted by Crippen LogP contribution is 2.15. The van der Waals surface area contributed by atoms with Crippen molar-refractivity contribution < 1.29 is 8.85 Å². The fourth-order valence-electron chi connectivity index (χ4n) is 1.41. The molecule has 0 spiro atoms. The average molecular weight is 206 g/mol. The van der Waals surface area contributed by atoms with Crippen LogP contribution < -0.4 is 11.5 Å². The molecule has 0 amide bonds. The Labute approximate surface area is 82.4 Å². The lowest BCUT2D eigenvalue weighted by atomic mass is 10.0. The Kier molecular flexibility index (Phi) is 8.68. The van der Waals surface area contributed by atoms with Crippen molar-refractivity contribution >= 4 is 9.28 Å². The van der Waals surface area contributed by atoms with Gasteiger partial charge in [0.1, 0.15) is 0 Å². The molecule has 0 fully saturated rings. The van der Waals surface area contributed by atoms with E-state index in [4.69, 9.17) is 20.3 Å². The molecule has 0 aromatic carbocycles. The number of hydrogen-bond acceptors (Lipinski definition) is 4. The maximum atomic E-state index is 5.51. The van der Waals surface area contributed by atoms with E-state index in [9.17, 15) is 0 Å². The standard InChI is InChI=1S/C8H22N2O2Si/c1-11-13(12-2)7-8(3-5-9)4-6-10/h8,13H,3-7,9-10H2,1-2H3. The lowest BCUT2D eigenvalue weighted by molar-refractivity contribution is 0.267. The van der Waals surface area contributed by atoms with Gasteiger partial charge in [0.25, 0.3) is 0 Å². The van der Waals surface area contributed by atoms with Crippen LogP contribution in [0.25, 0.3) is 0 Å². The maximum absolute atomic E-state index is 5.51. The van der Waals surface area contributed by atoms with Crippen molar-refractivity contribution in [2.75, 3.05) is 27.3 Å². The Morgan fingerprint density at radius 1 is 1.08 bits per heavy atom. The molecule has 13 heavy (non-hydrogen) atoms. The molecule has 0 aromatic heterocycles. The van der Waals surface area contributed by atoms with Gasteiger partial charge in [-0.25, -0.2) is 0 Å². The van der Waals surface area contributed by atoms with Crippen LogP contribution in [-0.2, 0) is 8.85 Å². The van der Waals surface area contributed by atoms with E-state index < -0.39 is 9.28 Å². The van der Waals surface area contributed by atoms with Gasteiger partial charge in [-0.1, -0.05) is 0 Å². The van der Waals surface area contributed by atoms with Crippen molar-refractivity contribution in [1.29, 1.82) is 0 Å². The molecule has 0 aromatic rings. The number of hydrogen-bond donors (Lipinski definition) is 2. The summed E-state index contributed by atoms with van der Waals surface area (Å²) in [5.41, 5.74) is 11.0. The SMILES string of the molecule is CO[SiH](CC(CCN)CCN)OC. The quantitative estimate of drug-likeness (QED) is 0.540. The molecule has 0 aliphatic heterocycles. The molecule has 0 aliphatic rings. The average Bonchev–Trinajstić information content (AvgIpc) is 2.14. The van der Waals surface area contributed by atoms with E-state index >= 15 is 0 Å². The van der Waals surface area contributed by atoms with Gasteiger partial charge in [0, 0.05) is 14.2 Å². The van der Waals surface area contributed by atoms with E-state index in [0.29, 0.717) is 5.92 Å². The van der Waals surface area contributed by atoms with Gasteiger partial charge >= 0.3 is 9.28 Å². The molecule has 0 atom stereocenters. The minimum atomic E-state index is -1.42. The van der Waals surface area contributed by atoms with Crippen molar-refractivity contribution in [1.82, 2.24) is 0 Å². The molecule has 0 bridgehead atoms. The molecule has 0 saturated carbocycles. The predicted octanol–water partition coefficient (Wildman–Crippen LogP) is -0.186. The largest absolute Gasteiger partial charge is 0.400 e. The monoisotopic (exact) mass is 206 g/mol. The van der Waals surface area contributed by atoms with Gasteiger partial charge in [-0.2, -0.15) is 0 Å². The van der Waals surface area contributed by atoms with Gasteiger partial charge in [-0.05, 0) is 37.9 Å². The van der Waals surface area contributed by atoms with Gasteiger partial charge in [0.05, 0.1) is 0 Å². The fraction of sp³-hybridized carbons (Fsp3) is 1.00. The first-order chi connectivity index (χ1) is 6.28. The van der Waals surface area contributed by atoms with Crippen LogP contribution in [0.15, 0.2) is 0 Å². The molecule has 0 aliphatic carbocycles. The molecule has 5 heteroatoms. The molecule has 80 valence electrons. The normalized spacial score (nSPS) is 11.5. The van der Waals surface area contributed by atoms with Crippen molar-refractivity contribution in [3.63, 3.8) is 0 Å². The van der Waals surface area contributed by atoms with E-state index in [1.54, 1.807) is 14.2 Å². The molecule has 0 rings (SSSR count). The Bertz CT molecular complexity index is 106. The van der Waals surface area contributed by atoms with E-state index in [0.717, 1.165) is 32.0 Å². The Morgan fingerprint density at radius 3 is 1.85 bits per heavy atom. The molecular weight excluding hydrogens is 184 g/mol. The lowest BCUT2D eigenvalue weighted by Crippen LogP contribution is -2.25. The summed E-state index contributed by atoms with van der Waals surface area (Å²) in [4.78, 5) is 0. The van der Waals surface area contributed by atoms with Crippen LogP contribution >= 0.6 is 0 Å². The van der Waals surface area contributed by atoms with Gasteiger partial charge in [0.15, 0.2) is 0 Å². The van der Waals surface area contributed by atoms with Gasteiger partial charge < -0.3 is 20.3 Å². The van der Waals surface area contributed by atoms with Crippen LogP contribution in [0.4, 0.5) is 0 Å². The van der Waals surface area contributed by atoms with E-state index in [2.05, 4.69) is 0 Å². The maximum Gasteiger partial charge on any atom is 0.321 e. The van der Waals surface area contributed by atoms with E-state index in [1.165, 1.54) is 0 Å². The van der Waals surface area contributed by atoms with Crippen LogP contribution in [0.3, 0.4) is 0 Å². The third kappa shape index (κ3) is 6.17. The fourth-order valence-corrected chi connectivity index (χ4v) is 3.01. The first kappa shape index (κ1) is 13.1. The van der Waals surface area contributed by atoms with Gasteiger partial charge in [-0.15, -0.1) is 0 Å². The molecule has 0 radical (unpaired) electrons. The minimum absolute atomic E-state index is 0.576. The summed E-state index contributed by atoms with van der Waals surface area (Å²) in [6.45, 7) is 1.44. The minimum Gasteiger partial charge on any atom is -0.400 e. The highest BCUT2D eigenvalue weighted by molar-refractivity contribution is 6.44. The van der Waals surface area contributed by atoms with Crippen molar-refractivity contribution in [3.05, 3.63) is 0 Å². The molecule has 0 unspecified atom stereocenters. The lowest BCUT2D eigenvalue weighted by Gasteiger charge is -2.18. The van der Waals surface area contributed by atoms with Crippen LogP contribution in [0.5, 0.6) is 0 Å². The Morgan fingerprint density at radius 2 is 1.54 bits per heavy atom. The highest BCUT2D eigenvalue weighted by Gasteiger charge is 2.16. The summed E-state index contributed by atoms with van der Waals surface area (Å²) in [6.07, 6.45) is 2.04. The van der Waals surface area contributed by atoms with Crippen LogP contribution in [0, 0.1) is 5.92 Å². The van der Waals surface area contributed by atoms with Crippen molar-refractivity contribution in [2.24, 2.45) is 17.4 Å². The van der Waals surface area contributed by atoms with Gasteiger partial charge in [0.2, 0.25) is 0 Å². The third-order valence-corrected chi connectivity index (χ3v) is 4.30. The zero-order valence-electron chi connectivity index (χ0n) is 8.66. The second-order valence-electron chi connectivity index (χ2n) is 3.16. The van der Waals surface area contributed by atoms with Crippen LogP contribution in [0.1, 0.15) is 12.8 Å².